The van der Waals surface area contributed by atoms with Gasteiger partial charge in [-0.3, -0.25) is 29.0 Å². The maximum atomic E-state index is 12.7. The molecule has 2 aromatic rings. The molecule has 3 aliphatic rings. The molecule has 2 aromatic carbocycles. The first-order valence-corrected chi connectivity index (χ1v) is 19.2. The van der Waals surface area contributed by atoms with E-state index in [2.05, 4.69) is 12.2 Å². The first kappa shape index (κ1) is 38.5. The molecule has 3 heterocycles. The molecule has 0 radical (unpaired) electrons. The summed E-state index contributed by atoms with van der Waals surface area (Å²) < 4.78 is 17.9. The molecular weight excluding hydrogens is 671 g/mol. The number of imide groups is 2. The average Bonchev–Trinajstić information content (AvgIpc) is 3.65. The van der Waals surface area contributed by atoms with E-state index in [1.54, 1.807) is 48.5 Å². The summed E-state index contributed by atoms with van der Waals surface area (Å²) in [6.45, 7) is 9.24. The first-order chi connectivity index (χ1) is 24.4. The first-order valence-electron chi connectivity index (χ1n) is 18.2. The number of carbonyl (C=O) groups excluding carboxylic acids is 5. The van der Waals surface area contributed by atoms with Crippen molar-refractivity contribution in [3.8, 4) is 0 Å². The number of unbranched alkanes of at least 4 members (excludes halogenated alkanes) is 3. The molecule has 276 valence electrons. The highest BCUT2D eigenvalue weighted by Gasteiger charge is 2.37. The quantitative estimate of drug-likeness (QED) is 0.101. The molecule has 1 fully saturated rings. The van der Waals surface area contributed by atoms with Gasteiger partial charge in [-0.15, -0.1) is 0 Å². The van der Waals surface area contributed by atoms with Crippen molar-refractivity contribution in [2.45, 2.75) is 102 Å². The van der Waals surface area contributed by atoms with Crippen molar-refractivity contribution in [3.63, 3.8) is 0 Å². The molecule has 0 unspecified atom stereocenters. The van der Waals surface area contributed by atoms with E-state index < -0.39 is 11.9 Å². The van der Waals surface area contributed by atoms with Gasteiger partial charge in [-0.25, -0.2) is 4.79 Å². The van der Waals surface area contributed by atoms with Gasteiger partial charge in [0.1, 0.15) is 5.60 Å². The lowest BCUT2D eigenvalue weighted by atomic mass is 9.97. The van der Waals surface area contributed by atoms with E-state index in [0.717, 1.165) is 25.0 Å². The van der Waals surface area contributed by atoms with Gasteiger partial charge in [0, 0.05) is 37.6 Å². The number of nitrogens with one attached hydrogen (secondary N) is 1. The second-order valence-electron chi connectivity index (χ2n) is 14.5. The Morgan fingerprint density at radius 1 is 0.765 bits per heavy atom. The van der Waals surface area contributed by atoms with Gasteiger partial charge in [-0.05, 0) is 102 Å². The lowest BCUT2D eigenvalue weighted by Crippen LogP contribution is -2.45. The Morgan fingerprint density at radius 3 is 1.69 bits per heavy atom. The van der Waals surface area contributed by atoms with Crippen LogP contribution in [0.3, 0.4) is 0 Å². The third-order valence-corrected chi connectivity index (χ3v) is 11.0. The summed E-state index contributed by atoms with van der Waals surface area (Å²) in [5.41, 5.74) is 1.26. The highest BCUT2D eigenvalue weighted by Crippen LogP contribution is 2.35. The minimum Gasteiger partial charge on any atom is -0.444 e. The zero-order chi connectivity index (χ0) is 36.5. The molecule has 1 saturated heterocycles. The average molecular weight is 722 g/mol. The molecule has 0 spiro atoms. The van der Waals surface area contributed by atoms with Crippen LogP contribution < -0.4 is 5.32 Å². The standard InChI is InChI=1S/C39H51N3O8S/c1-26-25-51-31(33(26)40-38(47)50-39(2,3)4)19-9-10-20-32(48-23-13-11-21-41-34(43)27-15-5-6-16-28(27)35(41)44)49-24-14-12-22-42-36(45)29-17-7-8-18-30(29)37(42)46/h5-8,15-18,26,31-33H,9-14,19-25H2,1-4H3,(H,40,47)/t26-,31-,33-/m0/s1. The van der Waals surface area contributed by atoms with Crippen molar-refractivity contribution >= 4 is 41.5 Å². The van der Waals surface area contributed by atoms with Crippen LogP contribution in [-0.4, -0.2) is 94.8 Å². The van der Waals surface area contributed by atoms with E-state index in [1.807, 2.05) is 32.5 Å². The van der Waals surface area contributed by atoms with Crippen molar-refractivity contribution in [2.75, 3.05) is 32.1 Å². The van der Waals surface area contributed by atoms with Crippen LogP contribution in [0.1, 0.15) is 120 Å². The minimum absolute atomic E-state index is 0.0532. The van der Waals surface area contributed by atoms with Gasteiger partial charge in [-0.1, -0.05) is 37.6 Å². The van der Waals surface area contributed by atoms with Crippen LogP contribution in [0.4, 0.5) is 4.79 Å². The van der Waals surface area contributed by atoms with E-state index in [4.69, 9.17) is 14.2 Å². The zero-order valence-electron chi connectivity index (χ0n) is 30.2. The Hall–Kier alpha value is -3.74. The zero-order valence-corrected chi connectivity index (χ0v) is 31.0. The van der Waals surface area contributed by atoms with Crippen molar-refractivity contribution < 1.29 is 38.2 Å². The summed E-state index contributed by atoms with van der Waals surface area (Å²) in [7, 11) is 0. The van der Waals surface area contributed by atoms with E-state index in [0.29, 0.717) is 91.8 Å². The van der Waals surface area contributed by atoms with Crippen molar-refractivity contribution in [3.05, 3.63) is 70.8 Å². The largest absolute Gasteiger partial charge is 0.444 e. The Bertz CT molecular complexity index is 1420. The number of hydrogen-bond acceptors (Lipinski definition) is 9. The van der Waals surface area contributed by atoms with Gasteiger partial charge < -0.3 is 19.5 Å². The number of alkyl carbamates (subject to hydrolysis) is 1. The molecule has 0 aliphatic carbocycles. The summed E-state index contributed by atoms with van der Waals surface area (Å²) >= 11 is 1.89. The van der Waals surface area contributed by atoms with E-state index in [1.165, 1.54) is 9.80 Å². The molecule has 3 atom stereocenters. The minimum atomic E-state index is -0.548. The SMILES string of the molecule is C[C@H]1CS[C@@H](CCCCC(OCCCCN2C(=O)c3ccccc3C2=O)OCCCCN2C(=O)c3ccccc3C2=O)[C@H]1NC(=O)OC(C)(C)C. The maximum absolute atomic E-state index is 12.7. The second-order valence-corrected chi connectivity index (χ2v) is 15.8. The predicted octanol–water partition coefficient (Wildman–Crippen LogP) is 6.70. The van der Waals surface area contributed by atoms with Crippen molar-refractivity contribution in [1.82, 2.24) is 15.1 Å². The maximum Gasteiger partial charge on any atom is 0.407 e. The van der Waals surface area contributed by atoms with Crippen LogP contribution in [0.15, 0.2) is 48.5 Å². The molecule has 51 heavy (non-hydrogen) atoms. The lowest BCUT2D eigenvalue weighted by molar-refractivity contribution is -0.148. The third-order valence-electron chi connectivity index (χ3n) is 9.36. The predicted molar refractivity (Wildman–Crippen MR) is 195 cm³/mol. The fraction of sp³-hybridized carbons (Fsp3) is 0.564. The van der Waals surface area contributed by atoms with E-state index >= 15 is 0 Å². The van der Waals surface area contributed by atoms with Crippen LogP contribution in [0.5, 0.6) is 0 Å². The number of nitrogens with zero attached hydrogens (tertiary/aromatic N) is 2. The van der Waals surface area contributed by atoms with Gasteiger partial charge >= 0.3 is 6.09 Å². The fourth-order valence-electron chi connectivity index (χ4n) is 6.72. The number of benzene rings is 2. The Labute approximate surface area is 305 Å². The fourth-order valence-corrected chi connectivity index (χ4v) is 8.36. The van der Waals surface area contributed by atoms with Gasteiger partial charge in [0.15, 0.2) is 6.29 Å². The number of thioether (sulfide) groups is 1. The Kier molecular flexibility index (Phi) is 13.3. The molecule has 0 aromatic heterocycles. The third kappa shape index (κ3) is 9.99. The highest BCUT2D eigenvalue weighted by molar-refractivity contribution is 8.00. The molecule has 5 amide bonds. The van der Waals surface area contributed by atoms with Crippen LogP contribution in [0.25, 0.3) is 0 Å². The van der Waals surface area contributed by atoms with Crippen molar-refractivity contribution in [2.24, 2.45) is 5.92 Å². The number of rotatable bonds is 18. The Balaban J connectivity index is 1.06. The van der Waals surface area contributed by atoms with E-state index in [9.17, 15) is 24.0 Å². The van der Waals surface area contributed by atoms with Gasteiger partial charge in [-0.2, -0.15) is 11.8 Å². The normalized spacial score (nSPS) is 20.1. The number of ether oxygens (including phenoxy) is 3. The highest BCUT2D eigenvalue weighted by atomic mass is 32.2. The molecule has 1 N–H and O–H groups in total. The lowest BCUT2D eigenvalue weighted by Gasteiger charge is -2.26. The molecule has 11 nitrogen and oxygen atoms in total. The summed E-state index contributed by atoms with van der Waals surface area (Å²) in [6.07, 6.45) is 5.18. The molecule has 3 aliphatic heterocycles. The van der Waals surface area contributed by atoms with Crippen LogP contribution in [0.2, 0.25) is 0 Å². The smallest absolute Gasteiger partial charge is 0.407 e. The van der Waals surface area contributed by atoms with Crippen LogP contribution in [0, 0.1) is 5.92 Å². The van der Waals surface area contributed by atoms with E-state index in [-0.39, 0.29) is 35.8 Å². The molecule has 0 saturated carbocycles. The van der Waals surface area contributed by atoms with Crippen LogP contribution in [-0.2, 0) is 14.2 Å². The topological polar surface area (TPSA) is 132 Å². The molecule has 0 bridgehead atoms. The van der Waals surface area contributed by atoms with Crippen LogP contribution >= 0.6 is 11.8 Å². The number of hydrogen-bond donors (Lipinski definition) is 1. The molecule has 12 heteroatoms. The number of amides is 5. The summed E-state index contributed by atoms with van der Waals surface area (Å²) in [6, 6.07) is 13.8. The second kappa shape index (κ2) is 17.7. The monoisotopic (exact) mass is 721 g/mol. The summed E-state index contributed by atoms with van der Waals surface area (Å²) in [4.78, 5) is 65.9. The Morgan fingerprint density at radius 2 is 1.24 bits per heavy atom. The summed E-state index contributed by atoms with van der Waals surface area (Å²) in [5, 5.41) is 3.41. The van der Waals surface area contributed by atoms with Gasteiger partial charge in [0.05, 0.1) is 22.3 Å². The number of carbonyl (C=O) groups is 5. The van der Waals surface area contributed by atoms with Crippen molar-refractivity contribution in [1.29, 1.82) is 0 Å². The molecule has 5 rings (SSSR count). The van der Waals surface area contributed by atoms with Gasteiger partial charge in [0.25, 0.3) is 23.6 Å². The summed E-state index contributed by atoms with van der Waals surface area (Å²) in [5.74, 6) is 0.332. The molecular formula is C39H51N3O8S. The van der Waals surface area contributed by atoms with Gasteiger partial charge in [0.2, 0.25) is 0 Å². The number of fused-ring (bicyclic) bond motifs is 2.